The van der Waals surface area contributed by atoms with Gasteiger partial charge in [-0.15, -0.1) is 0 Å². The van der Waals surface area contributed by atoms with Crippen molar-refractivity contribution < 1.29 is 4.74 Å². The standard InChI is InChI=1S/C25H29N3O/c1-3-9-23(10-4-1)25(24-11-5-2-6-12-24)28-16-14-27(15-17-28)18-19-29-21-22-8-7-13-26-20-22/h1-13,20,25H,14-19,21H2. The molecule has 0 atom stereocenters. The summed E-state index contributed by atoms with van der Waals surface area (Å²) >= 11 is 0. The second-order valence-corrected chi connectivity index (χ2v) is 7.52. The summed E-state index contributed by atoms with van der Waals surface area (Å²) in [5.41, 5.74) is 3.87. The van der Waals surface area contributed by atoms with Crippen molar-refractivity contribution in [3.63, 3.8) is 0 Å². The Kier molecular flexibility index (Phi) is 7.03. The van der Waals surface area contributed by atoms with Gasteiger partial charge in [0.2, 0.25) is 0 Å². The molecular formula is C25H29N3O. The molecule has 4 rings (SSSR count). The average molecular weight is 388 g/mol. The summed E-state index contributed by atoms with van der Waals surface area (Å²) in [5, 5.41) is 0. The smallest absolute Gasteiger partial charge is 0.0732 e. The predicted octanol–water partition coefficient (Wildman–Crippen LogP) is 4.01. The zero-order valence-corrected chi connectivity index (χ0v) is 16.9. The maximum Gasteiger partial charge on any atom is 0.0732 e. The van der Waals surface area contributed by atoms with Crippen LogP contribution in [0, 0.1) is 0 Å². The fourth-order valence-corrected chi connectivity index (χ4v) is 4.00. The number of hydrogen-bond donors (Lipinski definition) is 0. The second kappa shape index (κ2) is 10.3. The molecule has 0 amide bonds. The number of aromatic nitrogens is 1. The summed E-state index contributed by atoms with van der Waals surface area (Å²) in [5.74, 6) is 0. The van der Waals surface area contributed by atoms with Crippen molar-refractivity contribution in [2.75, 3.05) is 39.3 Å². The van der Waals surface area contributed by atoms with Crippen molar-refractivity contribution in [3.8, 4) is 0 Å². The van der Waals surface area contributed by atoms with Gasteiger partial charge in [-0.25, -0.2) is 0 Å². The van der Waals surface area contributed by atoms with Gasteiger partial charge in [0.15, 0.2) is 0 Å². The lowest BCUT2D eigenvalue weighted by molar-refractivity contribution is 0.0607. The van der Waals surface area contributed by atoms with Crippen LogP contribution in [-0.4, -0.2) is 54.1 Å². The minimum Gasteiger partial charge on any atom is -0.375 e. The van der Waals surface area contributed by atoms with E-state index in [9.17, 15) is 0 Å². The van der Waals surface area contributed by atoms with Crippen LogP contribution < -0.4 is 0 Å². The van der Waals surface area contributed by atoms with E-state index in [0.29, 0.717) is 12.6 Å². The number of ether oxygens (including phenoxy) is 1. The number of nitrogens with zero attached hydrogens (tertiary/aromatic N) is 3. The van der Waals surface area contributed by atoms with Crippen molar-refractivity contribution in [1.29, 1.82) is 0 Å². The van der Waals surface area contributed by atoms with E-state index >= 15 is 0 Å². The Morgan fingerprint density at radius 2 is 1.45 bits per heavy atom. The van der Waals surface area contributed by atoms with Gasteiger partial charge in [0.25, 0.3) is 0 Å². The number of benzene rings is 2. The van der Waals surface area contributed by atoms with Crippen LogP contribution in [-0.2, 0) is 11.3 Å². The van der Waals surface area contributed by atoms with Crippen LogP contribution in [0.2, 0.25) is 0 Å². The number of hydrogen-bond acceptors (Lipinski definition) is 4. The Morgan fingerprint density at radius 1 is 0.793 bits per heavy atom. The van der Waals surface area contributed by atoms with Gasteiger partial charge in [0, 0.05) is 45.1 Å². The van der Waals surface area contributed by atoms with Crippen LogP contribution in [0.25, 0.3) is 0 Å². The maximum absolute atomic E-state index is 5.84. The van der Waals surface area contributed by atoms with Crippen LogP contribution in [0.3, 0.4) is 0 Å². The summed E-state index contributed by atoms with van der Waals surface area (Å²) in [6.45, 7) is 6.66. The van der Waals surface area contributed by atoms with E-state index in [1.807, 2.05) is 12.3 Å². The molecule has 4 heteroatoms. The molecule has 1 saturated heterocycles. The van der Waals surface area contributed by atoms with Crippen LogP contribution in [0.15, 0.2) is 85.2 Å². The zero-order valence-electron chi connectivity index (χ0n) is 16.9. The van der Waals surface area contributed by atoms with Gasteiger partial charge in [0.05, 0.1) is 19.3 Å². The molecule has 0 radical (unpaired) electrons. The minimum atomic E-state index is 0.321. The first-order valence-corrected chi connectivity index (χ1v) is 10.4. The van der Waals surface area contributed by atoms with Gasteiger partial charge >= 0.3 is 0 Å². The van der Waals surface area contributed by atoms with E-state index in [2.05, 4.69) is 81.5 Å². The molecule has 0 saturated carbocycles. The molecule has 0 aliphatic carbocycles. The Bertz CT molecular complexity index is 794. The summed E-state index contributed by atoms with van der Waals surface area (Å²) in [6.07, 6.45) is 3.66. The molecule has 4 nitrogen and oxygen atoms in total. The Hall–Kier alpha value is -2.53. The fourth-order valence-electron chi connectivity index (χ4n) is 4.00. The highest BCUT2D eigenvalue weighted by molar-refractivity contribution is 5.31. The topological polar surface area (TPSA) is 28.6 Å². The van der Waals surface area contributed by atoms with Crippen molar-refractivity contribution in [2.24, 2.45) is 0 Å². The molecule has 1 aliphatic rings. The summed E-state index contributed by atoms with van der Waals surface area (Å²) in [6, 6.07) is 26.1. The van der Waals surface area contributed by atoms with E-state index < -0.39 is 0 Å². The number of piperazine rings is 1. The van der Waals surface area contributed by atoms with Crippen molar-refractivity contribution in [1.82, 2.24) is 14.8 Å². The Labute approximate surface area is 173 Å². The maximum atomic E-state index is 5.84. The molecule has 0 N–H and O–H groups in total. The highest BCUT2D eigenvalue weighted by atomic mass is 16.5. The molecule has 2 aromatic carbocycles. The van der Waals surface area contributed by atoms with Gasteiger partial charge < -0.3 is 4.74 Å². The lowest BCUT2D eigenvalue weighted by Gasteiger charge is -2.39. The molecule has 1 fully saturated rings. The fraction of sp³-hybridized carbons (Fsp3) is 0.320. The van der Waals surface area contributed by atoms with E-state index in [1.165, 1.54) is 11.1 Å². The van der Waals surface area contributed by atoms with Gasteiger partial charge in [-0.3, -0.25) is 14.8 Å². The second-order valence-electron chi connectivity index (χ2n) is 7.52. The molecule has 0 unspecified atom stereocenters. The molecule has 1 aliphatic heterocycles. The van der Waals surface area contributed by atoms with Gasteiger partial charge in [0.1, 0.15) is 0 Å². The highest BCUT2D eigenvalue weighted by Gasteiger charge is 2.26. The third kappa shape index (κ3) is 5.51. The third-order valence-electron chi connectivity index (χ3n) is 5.55. The predicted molar refractivity (Wildman–Crippen MR) is 117 cm³/mol. The highest BCUT2D eigenvalue weighted by Crippen LogP contribution is 2.29. The first kappa shape index (κ1) is 19.8. The van der Waals surface area contributed by atoms with Crippen LogP contribution in [0.4, 0.5) is 0 Å². The van der Waals surface area contributed by atoms with E-state index in [0.717, 1.165) is 44.9 Å². The summed E-state index contributed by atoms with van der Waals surface area (Å²) in [7, 11) is 0. The number of rotatable bonds is 8. The molecule has 3 aromatic rings. The van der Waals surface area contributed by atoms with E-state index in [1.54, 1.807) is 6.20 Å². The SMILES string of the molecule is c1ccc(C(c2ccccc2)N2CCN(CCOCc3cccnc3)CC2)cc1. The number of pyridine rings is 1. The van der Waals surface area contributed by atoms with Gasteiger partial charge in [-0.2, -0.15) is 0 Å². The van der Waals surface area contributed by atoms with Crippen LogP contribution in [0.5, 0.6) is 0 Å². The first-order valence-electron chi connectivity index (χ1n) is 10.4. The van der Waals surface area contributed by atoms with E-state index in [4.69, 9.17) is 4.74 Å². The summed E-state index contributed by atoms with van der Waals surface area (Å²) in [4.78, 5) is 9.25. The lowest BCUT2D eigenvalue weighted by atomic mass is 9.96. The third-order valence-corrected chi connectivity index (χ3v) is 5.55. The van der Waals surface area contributed by atoms with Gasteiger partial charge in [-0.1, -0.05) is 66.7 Å². The normalized spacial score (nSPS) is 15.6. The average Bonchev–Trinajstić information content (AvgIpc) is 2.80. The Balaban J connectivity index is 1.30. The minimum absolute atomic E-state index is 0.321. The monoisotopic (exact) mass is 387 g/mol. The molecule has 0 bridgehead atoms. The molecule has 2 heterocycles. The van der Waals surface area contributed by atoms with Gasteiger partial charge in [-0.05, 0) is 22.8 Å². The van der Waals surface area contributed by atoms with Crippen LogP contribution >= 0.6 is 0 Å². The van der Waals surface area contributed by atoms with Crippen LogP contribution in [0.1, 0.15) is 22.7 Å². The van der Waals surface area contributed by atoms with Crippen molar-refractivity contribution in [2.45, 2.75) is 12.6 Å². The zero-order chi connectivity index (χ0) is 19.7. The first-order chi connectivity index (χ1) is 14.4. The molecule has 1 aromatic heterocycles. The molecule has 150 valence electrons. The Morgan fingerprint density at radius 3 is 2.03 bits per heavy atom. The lowest BCUT2D eigenvalue weighted by Crippen LogP contribution is -2.48. The molecule has 0 spiro atoms. The molecular weight excluding hydrogens is 358 g/mol. The van der Waals surface area contributed by atoms with E-state index in [-0.39, 0.29) is 0 Å². The van der Waals surface area contributed by atoms with Crippen molar-refractivity contribution in [3.05, 3.63) is 102 Å². The largest absolute Gasteiger partial charge is 0.375 e. The quantitative estimate of drug-likeness (QED) is 0.546. The van der Waals surface area contributed by atoms with Crippen molar-refractivity contribution >= 4 is 0 Å². The molecule has 29 heavy (non-hydrogen) atoms. The summed E-state index contributed by atoms with van der Waals surface area (Å²) < 4.78 is 5.84.